The van der Waals surface area contributed by atoms with Crippen LogP contribution in [0.5, 0.6) is 0 Å². The van der Waals surface area contributed by atoms with Gasteiger partial charge in [0.25, 0.3) is 0 Å². The predicted molar refractivity (Wildman–Crippen MR) is 64.2 cm³/mol. The number of aromatic nitrogens is 1. The molecule has 1 heterocycles. The predicted octanol–water partition coefficient (Wildman–Crippen LogP) is 2.23. The van der Waals surface area contributed by atoms with Crippen molar-refractivity contribution >= 4 is 5.69 Å². The number of anilines is 1. The lowest BCUT2D eigenvalue weighted by molar-refractivity contribution is 0.494. The number of aryl methyl sites for hydroxylation is 1. The molecule has 0 spiro atoms. The monoisotopic (exact) mass is 208 g/mol. The lowest BCUT2D eigenvalue weighted by Crippen LogP contribution is -2.24. The van der Waals surface area contributed by atoms with Crippen LogP contribution >= 0.6 is 0 Å². The Labute approximate surface area is 91.1 Å². The largest absolute Gasteiger partial charge is 0.381 e. The molecule has 0 aliphatic heterocycles. The molecule has 1 aromatic heterocycles. The first-order valence-corrected chi connectivity index (χ1v) is 5.47. The van der Waals surface area contributed by atoms with Gasteiger partial charge in [0.15, 0.2) is 0 Å². The van der Waals surface area contributed by atoms with E-state index in [1.165, 1.54) is 0 Å². The molecule has 0 saturated heterocycles. The van der Waals surface area contributed by atoms with Crippen molar-refractivity contribution in [3.05, 3.63) is 28.7 Å². The fourth-order valence-corrected chi connectivity index (χ4v) is 1.44. The van der Waals surface area contributed by atoms with Crippen molar-refractivity contribution in [3.63, 3.8) is 0 Å². The van der Waals surface area contributed by atoms with Crippen LogP contribution in [-0.2, 0) is 7.05 Å². The van der Waals surface area contributed by atoms with E-state index in [1.807, 2.05) is 12.3 Å². The summed E-state index contributed by atoms with van der Waals surface area (Å²) in [5, 5.41) is 3.40. The van der Waals surface area contributed by atoms with Gasteiger partial charge in [-0.25, -0.2) is 0 Å². The van der Waals surface area contributed by atoms with E-state index in [2.05, 4.69) is 26.1 Å². The number of hydrogen-bond donors (Lipinski definition) is 1. The van der Waals surface area contributed by atoms with Crippen LogP contribution in [0.2, 0.25) is 0 Å². The molecule has 0 aliphatic carbocycles. The Balaban J connectivity index is 2.73. The van der Waals surface area contributed by atoms with Gasteiger partial charge in [-0.1, -0.05) is 20.3 Å². The standard InChI is InChI=1S/C12H20N2O/c1-5-9(2)10(3)13-11-6-7-12(15)14(4)8-11/h6-10,13H,5H2,1-4H3. The molecule has 1 rings (SSSR count). The smallest absolute Gasteiger partial charge is 0.250 e. The average Bonchev–Trinajstić information content (AvgIpc) is 2.22. The van der Waals surface area contributed by atoms with Crippen LogP contribution in [0.4, 0.5) is 5.69 Å². The first-order chi connectivity index (χ1) is 7.04. The Morgan fingerprint density at radius 1 is 1.40 bits per heavy atom. The lowest BCUT2D eigenvalue weighted by atomic mass is 10.0. The van der Waals surface area contributed by atoms with Gasteiger partial charge in [0.1, 0.15) is 0 Å². The molecule has 0 amide bonds. The number of hydrogen-bond acceptors (Lipinski definition) is 2. The van der Waals surface area contributed by atoms with Crippen LogP contribution in [0.25, 0.3) is 0 Å². The van der Waals surface area contributed by atoms with Gasteiger partial charge in [-0.2, -0.15) is 0 Å². The van der Waals surface area contributed by atoms with Crippen LogP contribution < -0.4 is 10.9 Å². The molecular weight excluding hydrogens is 188 g/mol. The van der Waals surface area contributed by atoms with Crippen LogP contribution in [0.15, 0.2) is 23.1 Å². The van der Waals surface area contributed by atoms with Crippen molar-refractivity contribution in [2.75, 3.05) is 5.32 Å². The third kappa shape index (κ3) is 3.11. The summed E-state index contributed by atoms with van der Waals surface area (Å²) in [6.07, 6.45) is 2.99. The van der Waals surface area contributed by atoms with Crippen molar-refractivity contribution in [1.29, 1.82) is 0 Å². The van der Waals surface area contributed by atoms with Crippen LogP contribution in [0.1, 0.15) is 27.2 Å². The number of nitrogens with one attached hydrogen (secondary N) is 1. The van der Waals surface area contributed by atoms with Gasteiger partial charge in [-0.3, -0.25) is 4.79 Å². The van der Waals surface area contributed by atoms with Gasteiger partial charge in [-0.05, 0) is 18.9 Å². The molecule has 84 valence electrons. The molecule has 3 nitrogen and oxygen atoms in total. The van der Waals surface area contributed by atoms with E-state index in [-0.39, 0.29) is 5.56 Å². The van der Waals surface area contributed by atoms with Crippen LogP contribution in [0, 0.1) is 5.92 Å². The minimum Gasteiger partial charge on any atom is -0.381 e. The Bertz CT molecular complexity index is 370. The highest BCUT2D eigenvalue weighted by atomic mass is 16.1. The summed E-state index contributed by atoms with van der Waals surface area (Å²) < 4.78 is 1.59. The Kier molecular flexibility index (Phi) is 3.95. The van der Waals surface area contributed by atoms with Gasteiger partial charge in [0.05, 0.1) is 5.69 Å². The maximum absolute atomic E-state index is 11.2. The summed E-state index contributed by atoms with van der Waals surface area (Å²) in [5.74, 6) is 0.627. The zero-order chi connectivity index (χ0) is 11.4. The maximum Gasteiger partial charge on any atom is 0.250 e. The Morgan fingerprint density at radius 2 is 2.07 bits per heavy atom. The molecule has 1 aromatic rings. The van der Waals surface area contributed by atoms with E-state index in [9.17, 15) is 4.79 Å². The highest BCUT2D eigenvalue weighted by Crippen LogP contribution is 2.13. The average molecular weight is 208 g/mol. The fraction of sp³-hybridized carbons (Fsp3) is 0.583. The minimum atomic E-state index is 0.0248. The summed E-state index contributed by atoms with van der Waals surface area (Å²) >= 11 is 0. The van der Waals surface area contributed by atoms with Gasteiger partial charge >= 0.3 is 0 Å². The van der Waals surface area contributed by atoms with Crippen molar-refractivity contribution in [3.8, 4) is 0 Å². The molecule has 0 aromatic carbocycles. The molecule has 3 heteroatoms. The third-order valence-corrected chi connectivity index (χ3v) is 2.98. The highest BCUT2D eigenvalue weighted by Gasteiger charge is 2.09. The van der Waals surface area contributed by atoms with Crippen LogP contribution in [-0.4, -0.2) is 10.6 Å². The third-order valence-electron chi connectivity index (χ3n) is 2.98. The molecular formula is C12H20N2O. The van der Waals surface area contributed by atoms with E-state index in [4.69, 9.17) is 0 Å². The molecule has 2 atom stereocenters. The minimum absolute atomic E-state index is 0.0248. The summed E-state index contributed by atoms with van der Waals surface area (Å²) in [6.45, 7) is 6.57. The van der Waals surface area contributed by atoms with Gasteiger partial charge in [0, 0.05) is 25.4 Å². The first-order valence-electron chi connectivity index (χ1n) is 5.47. The Morgan fingerprint density at radius 3 is 2.60 bits per heavy atom. The quantitative estimate of drug-likeness (QED) is 0.823. The van der Waals surface area contributed by atoms with E-state index in [1.54, 1.807) is 17.7 Å². The van der Waals surface area contributed by atoms with Gasteiger partial charge in [0.2, 0.25) is 5.56 Å². The van der Waals surface area contributed by atoms with E-state index < -0.39 is 0 Å². The number of pyridine rings is 1. The second-order valence-electron chi connectivity index (χ2n) is 4.19. The van der Waals surface area contributed by atoms with E-state index in [0.29, 0.717) is 12.0 Å². The Hall–Kier alpha value is -1.25. The SMILES string of the molecule is CCC(C)C(C)Nc1ccc(=O)n(C)c1. The molecule has 1 N–H and O–H groups in total. The van der Waals surface area contributed by atoms with Gasteiger partial charge in [-0.15, -0.1) is 0 Å². The van der Waals surface area contributed by atoms with Crippen molar-refractivity contribution < 1.29 is 0 Å². The van der Waals surface area contributed by atoms with Crippen molar-refractivity contribution in [1.82, 2.24) is 4.57 Å². The zero-order valence-corrected chi connectivity index (χ0v) is 9.95. The van der Waals surface area contributed by atoms with Crippen molar-refractivity contribution in [2.45, 2.75) is 33.2 Å². The molecule has 0 saturated carbocycles. The summed E-state index contributed by atoms with van der Waals surface area (Å²) in [5.41, 5.74) is 1.03. The summed E-state index contributed by atoms with van der Waals surface area (Å²) in [6, 6.07) is 3.85. The fourth-order valence-electron chi connectivity index (χ4n) is 1.44. The normalized spacial score (nSPS) is 14.7. The maximum atomic E-state index is 11.2. The summed E-state index contributed by atoms with van der Waals surface area (Å²) in [4.78, 5) is 11.2. The topological polar surface area (TPSA) is 34.0 Å². The summed E-state index contributed by atoms with van der Waals surface area (Å²) in [7, 11) is 1.77. The number of rotatable bonds is 4. The second-order valence-corrected chi connectivity index (χ2v) is 4.19. The molecule has 0 radical (unpaired) electrons. The highest BCUT2D eigenvalue weighted by molar-refractivity contribution is 5.41. The lowest BCUT2D eigenvalue weighted by Gasteiger charge is -2.21. The molecule has 15 heavy (non-hydrogen) atoms. The van der Waals surface area contributed by atoms with Crippen LogP contribution in [0.3, 0.4) is 0 Å². The van der Waals surface area contributed by atoms with Gasteiger partial charge < -0.3 is 9.88 Å². The molecule has 0 fully saturated rings. The van der Waals surface area contributed by atoms with Crippen molar-refractivity contribution in [2.24, 2.45) is 13.0 Å². The second kappa shape index (κ2) is 5.01. The molecule has 2 unspecified atom stereocenters. The zero-order valence-electron chi connectivity index (χ0n) is 9.95. The van der Waals surface area contributed by atoms with E-state index >= 15 is 0 Å². The first kappa shape index (κ1) is 11.8. The molecule has 0 bridgehead atoms. The van der Waals surface area contributed by atoms with E-state index in [0.717, 1.165) is 12.1 Å². The number of nitrogens with zero attached hydrogens (tertiary/aromatic N) is 1. The molecule has 0 aliphatic rings.